The van der Waals surface area contributed by atoms with Gasteiger partial charge >= 0.3 is 12.6 Å². The number of hydrogen-bond donors (Lipinski definition) is 1. The van der Waals surface area contributed by atoms with Crippen LogP contribution in [0, 0.1) is 0 Å². The Hall–Kier alpha value is -3.30. The van der Waals surface area contributed by atoms with Crippen LogP contribution in [-0.2, 0) is 16.6 Å². The number of ether oxygens (including phenoxy) is 2. The Morgan fingerprint density at radius 2 is 1.88 bits per heavy atom. The van der Waals surface area contributed by atoms with Crippen LogP contribution >= 0.6 is 0 Å². The molecule has 2 rings (SSSR count). The van der Waals surface area contributed by atoms with Gasteiger partial charge in [-0.05, 0) is 25.1 Å². The summed E-state index contributed by atoms with van der Waals surface area (Å²) in [5, 5.41) is 6.05. The molecule has 1 heterocycles. The van der Waals surface area contributed by atoms with E-state index < -0.39 is 30.2 Å². The van der Waals surface area contributed by atoms with Gasteiger partial charge in [-0.3, -0.25) is 9.59 Å². The van der Waals surface area contributed by atoms with E-state index in [-0.39, 0.29) is 17.1 Å². The van der Waals surface area contributed by atoms with E-state index in [2.05, 4.69) is 15.2 Å². The first-order chi connectivity index (χ1) is 12.3. The fraction of sp³-hybridized carbons (Fsp3) is 0.250. The third-order valence-electron chi connectivity index (χ3n) is 3.18. The van der Waals surface area contributed by atoms with E-state index in [9.17, 15) is 23.2 Å². The number of nitrogens with zero attached hydrogens (tertiary/aromatic N) is 2. The van der Waals surface area contributed by atoms with Gasteiger partial charge in [0.25, 0.3) is 11.5 Å². The minimum atomic E-state index is -3.06. The number of aryl methyl sites for hydroxylation is 1. The second kappa shape index (κ2) is 8.19. The van der Waals surface area contributed by atoms with Gasteiger partial charge < -0.3 is 14.8 Å². The van der Waals surface area contributed by atoms with Crippen molar-refractivity contribution < 1.29 is 27.8 Å². The zero-order chi connectivity index (χ0) is 19.3. The van der Waals surface area contributed by atoms with E-state index in [1.54, 1.807) is 0 Å². The van der Waals surface area contributed by atoms with Crippen molar-refractivity contribution in [2.24, 2.45) is 7.05 Å². The molecule has 0 bridgehead atoms. The molecular formula is C16H15F2N3O5. The van der Waals surface area contributed by atoms with Gasteiger partial charge in [0.15, 0.2) is 11.8 Å². The van der Waals surface area contributed by atoms with Gasteiger partial charge in [-0.15, -0.1) is 0 Å². The molecule has 138 valence electrons. The van der Waals surface area contributed by atoms with Gasteiger partial charge in [-0.25, -0.2) is 9.48 Å². The number of aromatic nitrogens is 2. The Bertz CT molecular complexity index is 869. The molecule has 1 aromatic carbocycles. The summed E-state index contributed by atoms with van der Waals surface area (Å²) in [6, 6.07) is 7.89. The molecule has 1 amide bonds. The van der Waals surface area contributed by atoms with Crippen LogP contribution in [0.2, 0.25) is 0 Å². The van der Waals surface area contributed by atoms with Crippen LogP contribution in [0.25, 0.3) is 0 Å². The predicted octanol–water partition coefficient (Wildman–Crippen LogP) is 1.57. The predicted molar refractivity (Wildman–Crippen MR) is 86.1 cm³/mol. The average Bonchev–Trinajstić information content (AvgIpc) is 2.58. The van der Waals surface area contributed by atoms with Crippen molar-refractivity contribution in [2.45, 2.75) is 19.6 Å². The van der Waals surface area contributed by atoms with Crippen LogP contribution in [0.4, 0.5) is 14.5 Å². The number of carbonyl (C=O) groups excluding carboxylic acids is 2. The van der Waals surface area contributed by atoms with Crippen molar-refractivity contribution >= 4 is 17.6 Å². The first-order valence-corrected chi connectivity index (χ1v) is 7.38. The molecule has 0 aliphatic carbocycles. The number of nitrogens with one attached hydrogen (secondary N) is 1. The number of anilines is 1. The summed E-state index contributed by atoms with van der Waals surface area (Å²) < 4.78 is 35.0. The number of halogens is 2. The fourth-order valence-corrected chi connectivity index (χ4v) is 1.89. The molecule has 0 unspecified atom stereocenters. The summed E-state index contributed by atoms with van der Waals surface area (Å²) in [5.41, 5.74) is -0.572. The minimum Gasteiger partial charge on any atom is -0.448 e. The molecule has 0 aliphatic rings. The highest BCUT2D eigenvalue weighted by atomic mass is 19.3. The quantitative estimate of drug-likeness (QED) is 0.778. The van der Waals surface area contributed by atoms with Crippen molar-refractivity contribution in [2.75, 3.05) is 5.32 Å². The first kappa shape index (κ1) is 19.0. The minimum absolute atomic E-state index is 0.000863. The molecule has 8 nitrogen and oxygen atoms in total. The number of alkyl halides is 2. The SMILES string of the molecule is C[C@@H](OC(=O)c1ccc(=O)n(C)n1)C(=O)Nc1ccccc1OC(F)F. The van der Waals surface area contributed by atoms with Crippen molar-refractivity contribution in [3.63, 3.8) is 0 Å². The molecular weight excluding hydrogens is 352 g/mol. The number of esters is 1. The third-order valence-corrected chi connectivity index (χ3v) is 3.18. The van der Waals surface area contributed by atoms with Crippen LogP contribution in [0.5, 0.6) is 5.75 Å². The largest absolute Gasteiger partial charge is 0.448 e. The molecule has 0 saturated heterocycles. The first-order valence-electron chi connectivity index (χ1n) is 7.38. The second-order valence-corrected chi connectivity index (χ2v) is 5.09. The lowest BCUT2D eigenvalue weighted by atomic mass is 10.2. The summed E-state index contributed by atoms with van der Waals surface area (Å²) in [4.78, 5) is 35.4. The molecule has 0 saturated carbocycles. The molecule has 2 aromatic rings. The number of hydrogen-bond acceptors (Lipinski definition) is 6. The number of benzene rings is 1. The maximum absolute atomic E-state index is 12.4. The lowest BCUT2D eigenvalue weighted by Gasteiger charge is -2.15. The van der Waals surface area contributed by atoms with Crippen LogP contribution < -0.4 is 15.6 Å². The molecule has 1 aromatic heterocycles. The second-order valence-electron chi connectivity index (χ2n) is 5.09. The lowest BCUT2D eigenvalue weighted by Crippen LogP contribution is -2.31. The lowest BCUT2D eigenvalue weighted by molar-refractivity contribution is -0.123. The maximum atomic E-state index is 12.4. The number of rotatable bonds is 6. The zero-order valence-electron chi connectivity index (χ0n) is 13.8. The van der Waals surface area contributed by atoms with Crippen molar-refractivity contribution in [3.8, 4) is 5.75 Å². The Kier molecular flexibility index (Phi) is 5.99. The Balaban J connectivity index is 2.05. The number of amides is 1. The smallest absolute Gasteiger partial charge is 0.387 e. The molecule has 10 heteroatoms. The highest BCUT2D eigenvalue weighted by molar-refractivity contribution is 5.97. The van der Waals surface area contributed by atoms with E-state index >= 15 is 0 Å². The van der Waals surface area contributed by atoms with Gasteiger partial charge in [-0.1, -0.05) is 12.1 Å². The summed E-state index contributed by atoms with van der Waals surface area (Å²) in [6.07, 6.45) is -1.25. The van der Waals surface area contributed by atoms with Crippen LogP contribution in [0.15, 0.2) is 41.2 Å². The van der Waals surface area contributed by atoms with E-state index in [0.29, 0.717) is 0 Å². The van der Waals surface area contributed by atoms with E-state index in [1.807, 2.05) is 0 Å². The van der Waals surface area contributed by atoms with Crippen molar-refractivity contribution in [1.82, 2.24) is 9.78 Å². The monoisotopic (exact) mass is 367 g/mol. The van der Waals surface area contributed by atoms with Crippen LogP contribution in [0.1, 0.15) is 17.4 Å². The van der Waals surface area contributed by atoms with E-state index in [1.165, 1.54) is 44.3 Å². The zero-order valence-corrected chi connectivity index (χ0v) is 13.8. The molecule has 1 atom stereocenters. The van der Waals surface area contributed by atoms with E-state index in [0.717, 1.165) is 10.7 Å². The summed E-state index contributed by atoms with van der Waals surface area (Å²) in [5.74, 6) is -1.90. The molecule has 0 spiro atoms. The average molecular weight is 367 g/mol. The van der Waals surface area contributed by atoms with Crippen LogP contribution in [-0.4, -0.2) is 34.4 Å². The van der Waals surface area contributed by atoms with E-state index in [4.69, 9.17) is 4.74 Å². The van der Waals surface area contributed by atoms with Gasteiger partial charge in [-0.2, -0.15) is 13.9 Å². The van der Waals surface area contributed by atoms with Gasteiger partial charge in [0.2, 0.25) is 0 Å². The summed E-state index contributed by atoms with van der Waals surface area (Å²) >= 11 is 0. The van der Waals surface area contributed by atoms with Gasteiger partial charge in [0.1, 0.15) is 5.75 Å². The summed E-state index contributed by atoms with van der Waals surface area (Å²) in [7, 11) is 1.36. The topological polar surface area (TPSA) is 99.5 Å². The normalized spacial score (nSPS) is 11.7. The van der Waals surface area contributed by atoms with Crippen molar-refractivity contribution in [1.29, 1.82) is 0 Å². The summed E-state index contributed by atoms with van der Waals surface area (Å²) in [6.45, 7) is -1.76. The fourth-order valence-electron chi connectivity index (χ4n) is 1.89. The highest BCUT2D eigenvalue weighted by Crippen LogP contribution is 2.25. The standard InChI is InChI=1S/C16H15F2N3O5/c1-9(25-15(24)11-7-8-13(22)21(2)20-11)14(23)19-10-5-3-4-6-12(10)26-16(17)18/h3-9,16H,1-2H3,(H,19,23)/t9-/m1/s1. The Morgan fingerprint density at radius 1 is 1.19 bits per heavy atom. The molecule has 0 fully saturated rings. The number of para-hydroxylation sites is 2. The van der Waals surface area contributed by atoms with Gasteiger partial charge in [0.05, 0.1) is 5.69 Å². The maximum Gasteiger partial charge on any atom is 0.387 e. The Morgan fingerprint density at radius 3 is 2.54 bits per heavy atom. The molecule has 0 radical (unpaired) electrons. The highest BCUT2D eigenvalue weighted by Gasteiger charge is 2.21. The molecule has 1 N–H and O–H groups in total. The Labute approximate surface area is 146 Å². The van der Waals surface area contributed by atoms with Crippen molar-refractivity contribution in [3.05, 3.63) is 52.4 Å². The number of carbonyl (C=O) groups is 2. The van der Waals surface area contributed by atoms with Crippen LogP contribution in [0.3, 0.4) is 0 Å². The molecule has 26 heavy (non-hydrogen) atoms. The third kappa shape index (κ3) is 4.85. The molecule has 0 aliphatic heterocycles. The van der Waals surface area contributed by atoms with Gasteiger partial charge in [0, 0.05) is 13.1 Å².